The third-order valence-corrected chi connectivity index (χ3v) is 7.42. The third kappa shape index (κ3) is 12.7. The van der Waals surface area contributed by atoms with Crippen molar-refractivity contribution >= 4 is 29.5 Å². The first kappa shape index (κ1) is 32.8. The van der Waals surface area contributed by atoms with Crippen LogP contribution in [0.2, 0.25) is 0 Å². The van der Waals surface area contributed by atoms with E-state index in [9.17, 15) is 19.5 Å². The molecule has 4 atom stereocenters. The zero-order valence-electron chi connectivity index (χ0n) is 23.3. The highest BCUT2D eigenvalue weighted by Crippen LogP contribution is 2.18. The number of esters is 1. The van der Waals surface area contributed by atoms with Crippen molar-refractivity contribution in [1.82, 2.24) is 10.6 Å². The number of ether oxygens (including phenoxy) is 1. The number of nitrogens with one attached hydrogen (secondary N) is 2. The van der Waals surface area contributed by atoms with E-state index >= 15 is 0 Å². The van der Waals surface area contributed by atoms with Crippen LogP contribution in [0.4, 0.5) is 0 Å². The number of carbonyl (C=O) groups excluding carboxylic acids is 3. The zero-order valence-corrected chi connectivity index (χ0v) is 24.1. The summed E-state index contributed by atoms with van der Waals surface area (Å²) in [7, 11) is 0. The predicted molar refractivity (Wildman–Crippen MR) is 162 cm³/mol. The van der Waals surface area contributed by atoms with Crippen LogP contribution in [0.5, 0.6) is 0 Å². The third-order valence-electron chi connectivity index (χ3n) is 6.25. The van der Waals surface area contributed by atoms with Crippen LogP contribution in [0.15, 0.2) is 86.0 Å². The van der Waals surface area contributed by atoms with Gasteiger partial charge in [0.2, 0.25) is 11.8 Å². The van der Waals surface area contributed by atoms with Gasteiger partial charge in [-0.1, -0.05) is 72.8 Å². The Bertz CT molecular complexity index is 1060. The predicted octanol–water partition coefficient (Wildman–Crippen LogP) is 4.46. The van der Waals surface area contributed by atoms with Crippen molar-refractivity contribution in [3.8, 4) is 0 Å². The van der Waals surface area contributed by atoms with E-state index in [2.05, 4.69) is 23.8 Å². The zero-order chi connectivity index (χ0) is 29.2. The lowest BCUT2D eigenvalue weighted by atomic mass is 9.96. The summed E-state index contributed by atoms with van der Waals surface area (Å²) in [6, 6.07) is 18.9. The van der Waals surface area contributed by atoms with Crippen LogP contribution in [0.3, 0.4) is 0 Å². The van der Waals surface area contributed by atoms with E-state index in [1.165, 1.54) is 0 Å². The molecule has 0 aliphatic carbocycles. The van der Waals surface area contributed by atoms with Gasteiger partial charge in [0, 0.05) is 24.0 Å². The molecule has 2 rings (SSSR count). The van der Waals surface area contributed by atoms with Crippen LogP contribution in [0, 0.1) is 11.8 Å². The molecule has 0 saturated carbocycles. The summed E-state index contributed by atoms with van der Waals surface area (Å²) in [5.41, 5.74) is 2.19. The van der Waals surface area contributed by atoms with Gasteiger partial charge in [-0.25, -0.2) is 0 Å². The normalized spacial score (nSPS) is 13.8. The van der Waals surface area contributed by atoms with Crippen molar-refractivity contribution in [2.75, 3.05) is 19.0 Å². The summed E-state index contributed by atoms with van der Waals surface area (Å²) in [6.45, 7) is 9.03. The SMILES string of the molecule is C=CC[C@@H](CC(=O)N[C@@H](C)CO)C(=O)N[C@H](COC(=O)[C@@H](CC=C)Cc1ccccc1)CSCc1ccccc1. The fourth-order valence-corrected chi connectivity index (χ4v) is 5.10. The summed E-state index contributed by atoms with van der Waals surface area (Å²) in [6.07, 6.45) is 4.62. The molecule has 0 aliphatic heterocycles. The van der Waals surface area contributed by atoms with Gasteiger partial charge in [0.1, 0.15) is 6.61 Å². The van der Waals surface area contributed by atoms with Gasteiger partial charge in [-0.05, 0) is 37.3 Å². The lowest BCUT2D eigenvalue weighted by Gasteiger charge is -2.23. The number of allylic oxidation sites excluding steroid dienone is 2. The molecule has 3 N–H and O–H groups in total. The monoisotopic (exact) mass is 566 g/mol. The topological polar surface area (TPSA) is 105 Å². The van der Waals surface area contributed by atoms with Crippen LogP contribution in [-0.4, -0.2) is 53.9 Å². The molecule has 2 aromatic carbocycles. The van der Waals surface area contributed by atoms with Crippen molar-refractivity contribution in [3.05, 3.63) is 97.1 Å². The average molecular weight is 567 g/mol. The number of aliphatic hydroxyl groups is 1. The Labute approximate surface area is 242 Å². The molecule has 2 amide bonds. The number of hydrogen-bond acceptors (Lipinski definition) is 6. The van der Waals surface area contributed by atoms with Crippen LogP contribution < -0.4 is 10.6 Å². The van der Waals surface area contributed by atoms with E-state index in [4.69, 9.17) is 4.74 Å². The molecule has 0 heterocycles. The Kier molecular flexibility index (Phi) is 15.5. The second-order valence-electron chi connectivity index (χ2n) is 9.82. The van der Waals surface area contributed by atoms with Crippen LogP contribution in [0.1, 0.15) is 37.3 Å². The fraction of sp³-hybridized carbons (Fsp3) is 0.406. The Morgan fingerprint density at radius 1 is 0.925 bits per heavy atom. The van der Waals surface area contributed by atoms with Gasteiger partial charge in [0.15, 0.2) is 0 Å². The maximum Gasteiger partial charge on any atom is 0.309 e. The molecular formula is C32H42N2O5S. The number of benzene rings is 2. The second kappa shape index (κ2) is 18.8. The Morgan fingerprint density at radius 2 is 1.52 bits per heavy atom. The van der Waals surface area contributed by atoms with Crippen molar-refractivity contribution in [2.45, 2.75) is 50.4 Å². The first-order chi connectivity index (χ1) is 19.4. The highest BCUT2D eigenvalue weighted by molar-refractivity contribution is 7.98. The van der Waals surface area contributed by atoms with E-state index in [1.54, 1.807) is 30.8 Å². The maximum absolute atomic E-state index is 13.2. The van der Waals surface area contributed by atoms with Gasteiger partial charge >= 0.3 is 5.97 Å². The molecule has 0 unspecified atom stereocenters. The minimum Gasteiger partial charge on any atom is -0.463 e. The van der Waals surface area contributed by atoms with E-state index in [1.807, 2.05) is 60.7 Å². The Morgan fingerprint density at radius 3 is 2.12 bits per heavy atom. The van der Waals surface area contributed by atoms with Gasteiger partial charge in [0.05, 0.1) is 24.5 Å². The van der Waals surface area contributed by atoms with Gasteiger partial charge in [-0.2, -0.15) is 11.8 Å². The summed E-state index contributed by atoms with van der Waals surface area (Å²) in [4.78, 5) is 38.7. The summed E-state index contributed by atoms with van der Waals surface area (Å²) in [5, 5.41) is 14.9. The molecule has 0 bridgehead atoms. The van der Waals surface area contributed by atoms with Crippen LogP contribution >= 0.6 is 11.8 Å². The number of hydrogen-bond donors (Lipinski definition) is 3. The van der Waals surface area contributed by atoms with Gasteiger partial charge in [0.25, 0.3) is 0 Å². The quantitative estimate of drug-likeness (QED) is 0.171. The number of amides is 2. The molecule has 40 heavy (non-hydrogen) atoms. The molecule has 0 spiro atoms. The number of thioether (sulfide) groups is 1. The Balaban J connectivity index is 2.06. The van der Waals surface area contributed by atoms with Gasteiger partial charge in [-0.15, -0.1) is 13.2 Å². The minimum absolute atomic E-state index is 0.0172. The molecular weight excluding hydrogens is 524 g/mol. The molecule has 8 heteroatoms. The van der Waals surface area contributed by atoms with E-state index in [0.29, 0.717) is 25.0 Å². The molecule has 7 nitrogen and oxygen atoms in total. The van der Waals surface area contributed by atoms with Crippen molar-refractivity contribution in [1.29, 1.82) is 0 Å². The van der Waals surface area contributed by atoms with Crippen molar-refractivity contribution < 1.29 is 24.2 Å². The first-order valence-corrected chi connectivity index (χ1v) is 14.8. The van der Waals surface area contributed by atoms with Crippen molar-refractivity contribution in [2.24, 2.45) is 11.8 Å². The van der Waals surface area contributed by atoms with Crippen LogP contribution in [-0.2, 0) is 31.3 Å². The lowest BCUT2D eigenvalue weighted by molar-refractivity contribution is -0.149. The van der Waals surface area contributed by atoms with Gasteiger partial charge in [-0.3, -0.25) is 14.4 Å². The number of rotatable bonds is 19. The molecule has 0 aromatic heterocycles. The molecule has 0 saturated heterocycles. The minimum atomic E-state index is -0.632. The average Bonchev–Trinajstić information content (AvgIpc) is 2.96. The van der Waals surface area contributed by atoms with Crippen LogP contribution in [0.25, 0.3) is 0 Å². The van der Waals surface area contributed by atoms with E-state index in [0.717, 1.165) is 16.9 Å². The summed E-state index contributed by atoms with van der Waals surface area (Å²) >= 11 is 1.63. The fourth-order valence-electron chi connectivity index (χ4n) is 4.09. The maximum atomic E-state index is 13.2. The highest BCUT2D eigenvalue weighted by atomic mass is 32.2. The highest BCUT2D eigenvalue weighted by Gasteiger charge is 2.26. The molecule has 2 aromatic rings. The molecule has 0 aliphatic rings. The molecule has 0 fully saturated rings. The standard InChI is InChI=1S/C32H42N2O5S/c1-4-12-27(19-30(36)33-24(3)20-35)31(37)34-29(23-40-22-26-16-10-7-11-17-26)21-39-32(38)28(13-5-2)18-25-14-8-6-9-15-25/h4-11,14-17,24,27-29,35H,1-2,12-13,18-23H2,3H3,(H,33,36)(H,34,37)/t24-,27-,28-,29+/m0/s1. The first-order valence-electron chi connectivity index (χ1n) is 13.6. The second-order valence-corrected chi connectivity index (χ2v) is 10.9. The molecule has 0 radical (unpaired) electrons. The number of aliphatic hydroxyl groups excluding tert-OH is 1. The smallest absolute Gasteiger partial charge is 0.309 e. The van der Waals surface area contributed by atoms with E-state index < -0.39 is 18.0 Å². The largest absolute Gasteiger partial charge is 0.463 e. The van der Waals surface area contributed by atoms with Crippen molar-refractivity contribution in [3.63, 3.8) is 0 Å². The van der Waals surface area contributed by atoms with E-state index in [-0.39, 0.29) is 43.3 Å². The number of carbonyl (C=O) groups is 3. The summed E-state index contributed by atoms with van der Waals surface area (Å²) < 4.78 is 5.74. The Hall–Kier alpha value is -3.36. The summed E-state index contributed by atoms with van der Waals surface area (Å²) in [5.74, 6) is -0.709. The lowest BCUT2D eigenvalue weighted by Crippen LogP contribution is -2.45. The van der Waals surface area contributed by atoms with Gasteiger partial charge < -0.3 is 20.5 Å². The molecule has 216 valence electrons.